The number of hydrogen-bond acceptors (Lipinski definition) is 1. The molecule has 0 aliphatic heterocycles. The quantitative estimate of drug-likeness (QED) is 0.530. The van der Waals surface area contributed by atoms with Crippen molar-refractivity contribution >= 4 is 0 Å². The van der Waals surface area contributed by atoms with Crippen LogP contribution in [-0.4, -0.2) is 6.54 Å². The van der Waals surface area contributed by atoms with E-state index in [-0.39, 0.29) is 0 Å². The predicted molar refractivity (Wildman–Crippen MR) is 33.1 cm³/mol. The SMILES string of the molecule is CCC/C=C\CN. The minimum Gasteiger partial charge on any atom is -0.327 e. The van der Waals surface area contributed by atoms with Gasteiger partial charge in [0.1, 0.15) is 0 Å². The van der Waals surface area contributed by atoms with E-state index < -0.39 is 0 Å². The molecule has 7 heavy (non-hydrogen) atoms. The van der Waals surface area contributed by atoms with E-state index in [1.54, 1.807) is 0 Å². The first kappa shape index (κ1) is 6.70. The molecule has 0 amide bonds. The Bertz CT molecular complexity index is 48.1. The summed E-state index contributed by atoms with van der Waals surface area (Å²) in [5.74, 6) is 0. The summed E-state index contributed by atoms with van der Waals surface area (Å²) in [4.78, 5) is 0. The highest BCUT2D eigenvalue weighted by Gasteiger charge is 1.68. The molecule has 0 aliphatic carbocycles. The molecular formula is C6H13N. The van der Waals surface area contributed by atoms with E-state index >= 15 is 0 Å². The maximum absolute atomic E-state index is 5.18. The zero-order valence-electron chi connectivity index (χ0n) is 4.85. The Hall–Kier alpha value is -0.300. The Morgan fingerprint density at radius 2 is 2.14 bits per heavy atom. The zero-order valence-corrected chi connectivity index (χ0v) is 4.85. The van der Waals surface area contributed by atoms with Gasteiger partial charge in [-0.3, -0.25) is 0 Å². The van der Waals surface area contributed by atoms with Gasteiger partial charge in [0.2, 0.25) is 0 Å². The summed E-state index contributed by atoms with van der Waals surface area (Å²) < 4.78 is 0. The molecule has 1 nitrogen and oxygen atoms in total. The van der Waals surface area contributed by atoms with Crippen molar-refractivity contribution < 1.29 is 0 Å². The molecule has 0 heterocycles. The zero-order chi connectivity index (χ0) is 5.54. The van der Waals surface area contributed by atoms with E-state index in [9.17, 15) is 0 Å². The van der Waals surface area contributed by atoms with Gasteiger partial charge in [0.05, 0.1) is 0 Å². The summed E-state index contributed by atoms with van der Waals surface area (Å²) >= 11 is 0. The van der Waals surface area contributed by atoms with Gasteiger partial charge in [0.25, 0.3) is 0 Å². The number of nitrogens with two attached hydrogens (primary N) is 1. The van der Waals surface area contributed by atoms with E-state index in [2.05, 4.69) is 13.0 Å². The standard InChI is InChI=1S/C6H13N/c1-2-3-4-5-6-7/h4-5H,2-3,6-7H2,1H3/b5-4-. The van der Waals surface area contributed by atoms with Crippen LogP contribution >= 0.6 is 0 Å². The Kier molecular flexibility index (Phi) is 5.46. The van der Waals surface area contributed by atoms with Crippen molar-refractivity contribution in [3.05, 3.63) is 12.2 Å². The van der Waals surface area contributed by atoms with Crippen LogP contribution in [0.25, 0.3) is 0 Å². The Morgan fingerprint density at radius 3 is 2.57 bits per heavy atom. The fraction of sp³-hybridized carbons (Fsp3) is 0.667. The Labute approximate surface area is 45.2 Å². The molecule has 0 saturated heterocycles. The summed E-state index contributed by atoms with van der Waals surface area (Å²) in [5, 5.41) is 0. The van der Waals surface area contributed by atoms with Crippen LogP contribution in [0.3, 0.4) is 0 Å². The average molecular weight is 99.2 g/mol. The molecule has 0 aromatic rings. The Balaban J connectivity index is 2.78. The monoisotopic (exact) mass is 99.1 g/mol. The third kappa shape index (κ3) is 5.70. The lowest BCUT2D eigenvalue weighted by atomic mass is 10.3. The highest BCUT2D eigenvalue weighted by atomic mass is 14.5. The van der Waals surface area contributed by atoms with Gasteiger partial charge in [-0.1, -0.05) is 25.5 Å². The van der Waals surface area contributed by atoms with Crippen LogP contribution in [0.2, 0.25) is 0 Å². The summed E-state index contributed by atoms with van der Waals surface area (Å²) in [6, 6.07) is 0. The number of hydrogen-bond donors (Lipinski definition) is 1. The van der Waals surface area contributed by atoms with Crippen LogP contribution in [0.5, 0.6) is 0 Å². The molecule has 0 aromatic carbocycles. The highest BCUT2D eigenvalue weighted by Crippen LogP contribution is 1.85. The molecule has 0 radical (unpaired) electrons. The van der Waals surface area contributed by atoms with Gasteiger partial charge < -0.3 is 5.73 Å². The van der Waals surface area contributed by atoms with Gasteiger partial charge in [0, 0.05) is 6.54 Å². The third-order valence-corrected chi connectivity index (χ3v) is 0.758. The Morgan fingerprint density at radius 1 is 1.43 bits per heavy atom. The van der Waals surface area contributed by atoms with Gasteiger partial charge in [-0.2, -0.15) is 0 Å². The van der Waals surface area contributed by atoms with E-state index in [4.69, 9.17) is 5.73 Å². The van der Waals surface area contributed by atoms with Crippen molar-refractivity contribution in [1.29, 1.82) is 0 Å². The van der Waals surface area contributed by atoms with Crippen molar-refractivity contribution in [1.82, 2.24) is 0 Å². The summed E-state index contributed by atoms with van der Waals surface area (Å²) in [5.41, 5.74) is 5.18. The van der Waals surface area contributed by atoms with Gasteiger partial charge in [-0.15, -0.1) is 0 Å². The van der Waals surface area contributed by atoms with Crippen molar-refractivity contribution in [2.75, 3.05) is 6.54 Å². The summed E-state index contributed by atoms with van der Waals surface area (Å²) in [6.45, 7) is 2.83. The van der Waals surface area contributed by atoms with Gasteiger partial charge in [0.15, 0.2) is 0 Å². The van der Waals surface area contributed by atoms with Crippen molar-refractivity contribution in [2.45, 2.75) is 19.8 Å². The van der Waals surface area contributed by atoms with Crippen molar-refractivity contribution in [2.24, 2.45) is 5.73 Å². The molecule has 0 saturated carbocycles. The normalized spacial score (nSPS) is 10.6. The third-order valence-electron chi connectivity index (χ3n) is 0.758. The maximum atomic E-state index is 5.18. The molecule has 42 valence electrons. The molecule has 0 atom stereocenters. The molecular weight excluding hydrogens is 86.1 g/mol. The second-order valence-corrected chi connectivity index (χ2v) is 1.50. The first-order chi connectivity index (χ1) is 3.41. The molecule has 0 aliphatic rings. The van der Waals surface area contributed by atoms with Crippen LogP contribution in [0.4, 0.5) is 0 Å². The van der Waals surface area contributed by atoms with Gasteiger partial charge >= 0.3 is 0 Å². The van der Waals surface area contributed by atoms with Crippen LogP contribution < -0.4 is 5.73 Å². The first-order valence-corrected chi connectivity index (χ1v) is 2.77. The second-order valence-electron chi connectivity index (χ2n) is 1.50. The predicted octanol–water partition coefficient (Wildman–Crippen LogP) is 1.30. The largest absolute Gasteiger partial charge is 0.327 e. The maximum Gasteiger partial charge on any atom is 0.0106 e. The molecule has 0 bridgehead atoms. The summed E-state index contributed by atoms with van der Waals surface area (Å²) in [7, 11) is 0. The lowest BCUT2D eigenvalue weighted by molar-refractivity contribution is 0.954. The minimum absolute atomic E-state index is 0.681. The molecule has 1 heteroatoms. The highest BCUT2D eigenvalue weighted by molar-refractivity contribution is 4.81. The first-order valence-electron chi connectivity index (χ1n) is 2.77. The van der Waals surface area contributed by atoms with Crippen LogP contribution in [0, 0.1) is 0 Å². The lowest BCUT2D eigenvalue weighted by Crippen LogP contribution is -1.91. The van der Waals surface area contributed by atoms with E-state index in [0.717, 1.165) is 6.42 Å². The van der Waals surface area contributed by atoms with Crippen LogP contribution in [-0.2, 0) is 0 Å². The number of rotatable bonds is 3. The number of unbranched alkanes of at least 4 members (excludes halogenated alkanes) is 1. The molecule has 0 unspecified atom stereocenters. The van der Waals surface area contributed by atoms with Crippen LogP contribution in [0.1, 0.15) is 19.8 Å². The smallest absolute Gasteiger partial charge is 0.0106 e. The van der Waals surface area contributed by atoms with E-state index in [0.29, 0.717) is 6.54 Å². The van der Waals surface area contributed by atoms with Crippen molar-refractivity contribution in [3.8, 4) is 0 Å². The van der Waals surface area contributed by atoms with Gasteiger partial charge in [-0.25, -0.2) is 0 Å². The van der Waals surface area contributed by atoms with Crippen LogP contribution in [0.15, 0.2) is 12.2 Å². The van der Waals surface area contributed by atoms with E-state index in [1.807, 2.05) is 6.08 Å². The van der Waals surface area contributed by atoms with E-state index in [1.165, 1.54) is 6.42 Å². The topological polar surface area (TPSA) is 26.0 Å². The minimum atomic E-state index is 0.681. The average Bonchev–Trinajstić information content (AvgIpc) is 1.69. The van der Waals surface area contributed by atoms with Crippen molar-refractivity contribution in [3.63, 3.8) is 0 Å². The second kappa shape index (κ2) is 5.70. The molecule has 0 aromatic heterocycles. The summed E-state index contributed by atoms with van der Waals surface area (Å²) in [6.07, 6.45) is 6.48. The fourth-order valence-electron chi connectivity index (χ4n) is 0.381. The molecule has 0 fully saturated rings. The lowest BCUT2D eigenvalue weighted by Gasteiger charge is -1.80. The fourth-order valence-corrected chi connectivity index (χ4v) is 0.381. The molecule has 0 rings (SSSR count). The molecule has 2 N–H and O–H groups in total. The molecule has 0 spiro atoms. The van der Waals surface area contributed by atoms with Gasteiger partial charge in [-0.05, 0) is 6.42 Å². The number of allylic oxidation sites excluding steroid dienone is 1.